The predicted molar refractivity (Wildman–Crippen MR) is 195 cm³/mol. The minimum absolute atomic E-state index is 0.0153. The second-order valence-electron chi connectivity index (χ2n) is 14.1. The molecule has 12 heteroatoms. The number of likely N-dealkylation sites (N-methyl/N-ethyl adjacent to an activating group) is 2. The van der Waals surface area contributed by atoms with E-state index in [9.17, 15) is 24.3 Å². The molecule has 4 N–H and O–H groups in total. The van der Waals surface area contributed by atoms with Crippen molar-refractivity contribution < 1.29 is 33.8 Å². The highest BCUT2D eigenvalue weighted by atomic mass is 16.5. The van der Waals surface area contributed by atoms with Crippen LogP contribution in [0.4, 0.5) is 0 Å². The molecule has 7 atom stereocenters. The maximum Gasteiger partial charge on any atom is 0.267 e. The van der Waals surface area contributed by atoms with Crippen LogP contribution in [0.2, 0.25) is 0 Å². The number of nitrogens with zero attached hydrogens (tertiary/aromatic N) is 2. The van der Waals surface area contributed by atoms with Gasteiger partial charge in [0, 0.05) is 41.4 Å². The highest BCUT2D eigenvalue weighted by Gasteiger charge is 2.42. The fraction of sp³-hybridized carbons (Fsp3) is 0.684. The van der Waals surface area contributed by atoms with Crippen LogP contribution in [0.15, 0.2) is 35.5 Å². The normalized spacial score (nSPS) is 18.0. The summed E-state index contributed by atoms with van der Waals surface area (Å²) in [5.74, 6) is -1.45. The summed E-state index contributed by atoms with van der Waals surface area (Å²) in [6.07, 6.45) is 1.60. The minimum atomic E-state index is -0.786. The number of phenols is 1. The summed E-state index contributed by atoms with van der Waals surface area (Å²) in [7, 11) is 6.52. The standard InChI is InChI=1S/C38H63N5O7/c1-12-25(6)34(42(9)38(48)33(24(4)5)41-37(47)32(39-8)23(2)3)30(49-10)22-31(45)43-21-15-17-28(43)35(50-11)26(7)36(46)40-20-19-27-16-13-14-18-29(27)44/h13-14,16,18,24-26,28,30,33-35,39,44H,12,15,17,19-22H2,1-11H3,(H,40,46)(H,41,47)/t25?,26-,28+,30-,33+,34+,35-/m1/s1. The van der Waals surface area contributed by atoms with E-state index in [1.807, 2.05) is 60.6 Å². The first-order chi connectivity index (χ1) is 23.6. The third kappa shape index (κ3) is 10.9. The summed E-state index contributed by atoms with van der Waals surface area (Å²) in [5, 5.41) is 18.9. The van der Waals surface area contributed by atoms with Crippen molar-refractivity contribution in [2.24, 2.45) is 17.8 Å². The molecule has 4 amide bonds. The number of likely N-dealkylation sites (tertiary alicyclic amines) is 1. The third-order valence-electron chi connectivity index (χ3n) is 10.1. The zero-order valence-corrected chi connectivity index (χ0v) is 32.2. The Bertz CT molecular complexity index is 1310. The fourth-order valence-corrected chi connectivity index (χ4v) is 7.05. The van der Waals surface area contributed by atoms with Gasteiger partial charge in [-0.3, -0.25) is 19.2 Å². The monoisotopic (exact) mass is 701 g/mol. The Balaban J connectivity index is 2.21. The van der Waals surface area contributed by atoms with Crippen LogP contribution < -0.4 is 16.0 Å². The largest absolute Gasteiger partial charge is 0.508 e. The summed E-state index contributed by atoms with van der Waals surface area (Å²) < 4.78 is 11.9. The number of para-hydroxylation sites is 1. The van der Waals surface area contributed by atoms with Gasteiger partial charge < -0.3 is 40.3 Å². The van der Waals surface area contributed by atoms with Crippen molar-refractivity contribution in [3.63, 3.8) is 0 Å². The second kappa shape index (κ2) is 20.3. The van der Waals surface area contributed by atoms with Crippen molar-refractivity contribution in [1.29, 1.82) is 0 Å². The first kappa shape index (κ1) is 42.5. The number of ether oxygens (including phenoxy) is 2. The molecule has 1 saturated heterocycles. The number of aromatic hydroxyl groups is 1. The number of carbonyl (C=O) groups is 4. The Kier molecular flexibility index (Phi) is 17.2. The van der Waals surface area contributed by atoms with Gasteiger partial charge in [-0.25, -0.2) is 0 Å². The van der Waals surface area contributed by atoms with Crippen LogP contribution in [0, 0.1) is 17.8 Å². The first-order valence-electron chi connectivity index (χ1n) is 18.0. The summed E-state index contributed by atoms with van der Waals surface area (Å²) >= 11 is 0. The zero-order chi connectivity index (χ0) is 37.7. The van der Waals surface area contributed by atoms with Gasteiger partial charge in [0.05, 0.1) is 42.3 Å². The lowest BCUT2D eigenvalue weighted by molar-refractivity contribution is -0.147. The van der Waals surface area contributed by atoms with Crippen LogP contribution in [-0.2, 0) is 35.1 Å². The van der Waals surface area contributed by atoms with Crippen molar-refractivity contribution in [1.82, 2.24) is 25.8 Å². The van der Waals surface area contributed by atoms with Gasteiger partial charge in [-0.2, -0.15) is 0 Å². The van der Waals surface area contributed by atoms with Crippen molar-refractivity contribution in [2.75, 3.05) is 41.4 Å². The van der Waals surface area contributed by atoms with Gasteiger partial charge in [0.1, 0.15) is 11.8 Å². The van der Waals surface area contributed by atoms with Gasteiger partial charge in [0.15, 0.2) is 0 Å². The molecular weight excluding hydrogens is 638 g/mol. The smallest absolute Gasteiger partial charge is 0.267 e. The molecule has 2 rings (SSSR count). The van der Waals surface area contributed by atoms with E-state index in [1.165, 1.54) is 0 Å². The van der Waals surface area contributed by atoms with E-state index >= 15 is 0 Å². The number of rotatable bonds is 19. The molecule has 1 aliphatic heterocycles. The Morgan fingerprint density at radius 1 is 1.06 bits per heavy atom. The van der Waals surface area contributed by atoms with Gasteiger partial charge in [-0.05, 0) is 62.1 Å². The van der Waals surface area contributed by atoms with E-state index in [1.54, 1.807) is 50.2 Å². The summed E-state index contributed by atoms with van der Waals surface area (Å²) in [5.41, 5.74) is 1.97. The molecule has 50 heavy (non-hydrogen) atoms. The lowest BCUT2D eigenvalue weighted by atomic mass is 9.89. The number of nitrogens with one attached hydrogen (secondary N) is 3. The molecule has 0 saturated carbocycles. The SMILES string of the molecule is CCC(C)[C@@H]([C@@H](CC(=O)N1CCC[C@H]1[C@H](OC)[C@@H](C)C(=O)NCCc1ccccc1O)OC)N(C)C(=O)[C@@H](NC(=O)C(NC)=C(C)C)C(C)C. The predicted octanol–water partition coefficient (Wildman–Crippen LogP) is 3.63. The highest BCUT2D eigenvalue weighted by Crippen LogP contribution is 2.29. The molecule has 1 unspecified atom stereocenters. The van der Waals surface area contributed by atoms with E-state index in [-0.39, 0.29) is 53.7 Å². The van der Waals surface area contributed by atoms with Crippen LogP contribution in [-0.4, -0.2) is 110 Å². The van der Waals surface area contributed by atoms with Crippen LogP contribution in [0.25, 0.3) is 0 Å². The molecule has 1 aliphatic rings. The molecule has 282 valence electrons. The molecule has 0 aliphatic carbocycles. The highest BCUT2D eigenvalue weighted by molar-refractivity contribution is 5.97. The Morgan fingerprint density at radius 2 is 1.72 bits per heavy atom. The summed E-state index contributed by atoms with van der Waals surface area (Å²) in [6, 6.07) is 5.51. The average Bonchev–Trinajstić information content (AvgIpc) is 3.57. The number of carbonyl (C=O) groups excluding carboxylic acids is 4. The Morgan fingerprint density at radius 3 is 2.26 bits per heavy atom. The van der Waals surface area contributed by atoms with Gasteiger partial charge in [-0.15, -0.1) is 0 Å². The van der Waals surface area contributed by atoms with Gasteiger partial charge in [0.25, 0.3) is 5.91 Å². The fourth-order valence-electron chi connectivity index (χ4n) is 7.05. The zero-order valence-electron chi connectivity index (χ0n) is 32.2. The summed E-state index contributed by atoms with van der Waals surface area (Å²) in [6.45, 7) is 14.2. The molecule has 0 radical (unpaired) electrons. The van der Waals surface area contributed by atoms with Crippen LogP contribution in [0.1, 0.15) is 79.7 Å². The van der Waals surface area contributed by atoms with E-state index in [0.29, 0.717) is 31.6 Å². The third-order valence-corrected chi connectivity index (χ3v) is 10.1. The average molecular weight is 702 g/mol. The molecule has 1 aromatic rings. The first-order valence-corrected chi connectivity index (χ1v) is 18.0. The number of allylic oxidation sites excluding steroid dienone is 1. The van der Waals surface area contributed by atoms with E-state index in [2.05, 4.69) is 16.0 Å². The molecule has 0 aromatic heterocycles. The number of phenolic OH excluding ortho intramolecular Hbond substituents is 1. The van der Waals surface area contributed by atoms with Crippen LogP contribution >= 0.6 is 0 Å². The van der Waals surface area contributed by atoms with Crippen molar-refractivity contribution in [3.8, 4) is 5.75 Å². The molecule has 0 bridgehead atoms. The topological polar surface area (TPSA) is 150 Å². The molecular formula is C38H63N5O7. The van der Waals surface area contributed by atoms with E-state index in [4.69, 9.17) is 9.47 Å². The van der Waals surface area contributed by atoms with Crippen molar-refractivity contribution in [2.45, 2.75) is 111 Å². The molecule has 1 fully saturated rings. The minimum Gasteiger partial charge on any atom is -0.508 e. The van der Waals surface area contributed by atoms with Gasteiger partial charge in [-0.1, -0.05) is 59.2 Å². The second-order valence-corrected chi connectivity index (χ2v) is 14.1. The maximum absolute atomic E-state index is 14.1. The van der Waals surface area contributed by atoms with E-state index < -0.39 is 30.2 Å². The van der Waals surface area contributed by atoms with Crippen molar-refractivity contribution >= 4 is 23.6 Å². The maximum atomic E-state index is 14.1. The molecule has 1 aromatic carbocycles. The summed E-state index contributed by atoms with van der Waals surface area (Å²) in [4.78, 5) is 57.9. The van der Waals surface area contributed by atoms with Gasteiger partial charge >= 0.3 is 0 Å². The molecule has 0 spiro atoms. The Labute approximate surface area is 299 Å². The van der Waals surface area contributed by atoms with E-state index in [0.717, 1.165) is 24.0 Å². The van der Waals surface area contributed by atoms with Crippen LogP contribution in [0.3, 0.4) is 0 Å². The number of hydrogen-bond acceptors (Lipinski definition) is 8. The number of benzene rings is 1. The number of amides is 4. The lowest BCUT2D eigenvalue weighted by Gasteiger charge is -2.40. The number of hydrogen-bond donors (Lipinski definition) is 4. The lowest BCUT2D eigenvalue weighted by Crippen LogP contribution is -2.58. The van der Waals surface area contributed by atoms with Gasteiger partial charge in [0.2, 0.25) is 17.7 Å². The molecule has 1 heterocycles. The Hall–Kier alpha value is -3.64. The number of methoxy groups -OCH3 is 2. The molecule has 12 nitrogen and oxygen atoms in total. The van der Waals surface area contributed by atoms with Crippen LogP contribution in [0.5, 0.6) is 5.75 Å². The quantitative estimate of drug-likeness (QED) is 0.160. The van der Waals surface area contributed by atoms with Crippen molar-refractivity contribution in [3.05, 3.63) is 41.1 Å².